The molecule has 0 aliphatic carbocycles. The molecule has 0 amide bonds. The van der Waals surface area contributed by atoms with Gasteiger partial charge in [-0.05, 0) is 31.9 Å². The van der Waals surface area contributed by atoms with E-state index in [1.54, 1.807) is 18.2 Å². The van der Waals surface area contributed by atoms with Gasteiger partial charge in [0.15, 0.2) is 5.78 Å². The lowest BCUT2D eigenvalue weighted by Crippen LogP contribution is -2.19. The number of Topliss-reactive ketones (excluding diaryl/α,β-unsaturated/α-hetero) is 1. The lowest BCUT2D eigenvalue weighted by Gasteiger charge is -2.18. The van der Waals surface area contributed by atoms with Crippen LogP contribution in [0.15, 0.2) is 23.0 Å². The summed E-state index contributed by atoms with van der Waals surface area (Å²) in [7, 11) is 3.03. The molecule has 0 radical (unpaired) electrons. The molecule has 2 aromatic rings. The number of benzene rings is 1. The van der Waals surface area contributed by atoms with Gasteiger partial charge in [-0.2, -0.15) is 0 Å². The number of rotatable bonds is 7. The normalized spacial score (nSPS) is 10.6. The number of aromatic amines is 1. The molecule has 0 fully saturated rings. The number of ether oxygens (including phenoxy) is 2. The van der Waals surface area contributed by atoms with Gasteiger partial charge in [-0.25, -0.2) is 0 Å². The van der Waals surface area contributed by atoms with E-state index >= 15 is 0 Å². The molecule has 1 heterocycles. The average Bonchev–Trinajstić information content (AvgIpc) is 2.58. The van der Waals surface area contributed by atoms with E-state index in [0.29, 0.717) is 34.7 Å². The first-order chi connectivity index (χ1) is 12.0. The Morgan fingerprint density at radius 3 is 2.24 bits per heavy atom. The van der Waals surface area contributed by atoms with Gasteiger partial charge in [0, 0.05) is 5.69 Å². The largest absolute Gasteiger partial charge is 0.506 e. The van der Waals surface area contributed by atoms with Crippen LogP contribution in [0.5, 0.6) is 17.2 Å². The van der Waals surface area contributed by atoms with Gasteiger partial charge in [-0.15, -0.1) is 0 Å². The van der Waals surface area contributed by atoms with Crippen LogP contribution in [0.1, 0.15) is 42.7 Å². The zero-order valence-corrected chi connectivity index (χ0v) is 14.9. The number of carbonyl (C=O) groups excluding carboxylic acids is 1. The molecule has 1 aromatic heterocycles. The maximum atomic E-state index is 12.3. The van der Waals surface area contributed by atoms with E-state index in [4.69, 9.17) is 9.47 Å². The second kappa shape index (κ2) is 7.88. The first-order valence-corrected chi connectivity index (χ1v) is 8.16. The standard InChI is InChI=1S/C19H23NO5/c1-5-6-8-12-16(18(22)15(11(2)21)19(23)20-12)17-13(24-3)9-7-10-14(17)25-4/h7,9-10H,5-6,8H2,1-4H3,(H2,20,22,23). The predicted octanol–water partition coefficient (Wildman–Crippen LogP) is 3.31. The summed E-state index contributed by atoms with van der Waals surface area (Å²) in [6.07, 6.45) is 2.28. The summed E-state index contributed by atoms with van der Waals surface area (Å²) in [4.78, 5) is 26.9. The number of H-pyrrole nitrogens is 1. The van der Waals surface area contributed by atoms with Gasteiger partial charge < -0.3 is 19.6 Å². The monoisotopic (exact) mass is 345 g/mol. The zero-order chi connectivity index (χ0) is 18.6. The number of unbranched alkanes of at least 4 members (excludes halogenated alkanes) is 1. The van der Waals surface area contributed by atoms with Crippen LogP contribution in [0.3, 0.4) is 0 Å². The Labute approximate surface area is 146 Å². The minimum Gasteiger partial charge on any atom is -0.506 e. The minimum absolute atomic E-state index is 0.261. The smallest absolute Gasteiger partial charge is 0.262 e. The summed E-state index contributed by atoms with van der Waals surface area (Å²) >= 11 is 0. The zero-order valence-electron chi connectivity index (χ0n) is 14.9. The third-order valence-electron chi connectivity index (χ3n) is 4.08. The molecule has 0 spiro atoms. The van der Waals surface area contributed by atoms with Crippen molar-refractivity contribution in [2.75, 3.05) is 14.2 Å². The van der Waals surface area contributed by atoms with Gasteiger partial charge in [-0.1, -0.05) is 19.4 Å². The van der Waals surface area contributed by atoms with Gasteiger partial charge >= 0.3 is 0 Å². The molecular formula is C19H23NO5. The van der Waals surface area contributed by atoms with Gasteiger partial charge in [-0.3, -0.25) is 9.59 Å². The fraction of sp³-hybridized carbons (Fsp3) is 0.368. The maximum Gasteiger partial charge on any atom is 0.262 e. The Morgan fingerprint density at radius 2 is 1.76 bits per heavy atom. The number of ketones is 1. The number of nitrogens with one attached hydrogen (secondary N) is 1. The highest BCUT2D eigenvalue weighted by Gasteiger charge is 2.25. The Morgan fingerprint density at radius 1 is 1.16 bits per heavy atom. The number of aromatic nitrogens is 1. The van der Waals surface area contributed by atoms with Crippen molar-refractivity contribution < 1.29 is 19.4 Å². The van der Waals surface area contributed by atoms with Crippen LogP contribution >= 0.6 is 0 Å². The van der Waals surface area contributed by atoms with E-state index < -0.39 is 11.3 Å². The average molecular weight is 345 g/mol. The van der Waals surface area contributed by atoms with E-state index in [1.165, 1.54) is 21.1 Å². The second-order valence-electron chi connectivity index (χ2n) is 5.73. The lowest BCUT2D eigenvalue weighted by atomic mass is 9.95. The number of pyridine rings is 1. The topological polar surface area (TPSA) is 88.6 Å². The van der Waals surface area contributed by atoms with Crippen LogP contribution in [-0.2, 0) is 6.42 Å². The quantitative estimate of drug-likeness (QED) is 0.752. The van der Waals surface area contributed by atoms with Crippen molar-refractivity contribution in [2.24, 2.45) is 0 Å². The van der Waals surface area contributed by atoms with Crippen molar-refractivity contribution in [1.29, 1.82) is 0 Å². The molecule has 0 saturated heterocycles. The molecule has 0 atom stereocenters. The van der Waals surface area contributed by atoms with Crippen LogP contribution in [0, 0.1) is 0 Å². The van der Waals surface area contributed by atoms with Crippen LogP contribution in [0.4, 0.5) is 0 Å². The van der Waals surface area contributed by atoms with Crippen molar-refractivity contribution in [3.05, 3.63) is 39.8 Å². The molecule has 0 aliphatic heterocycles. The SMILES string of the molecule is CCCCc1[nH]c(=O)c(C(C)=O)c(O)c1-c1c(OC)cccc1OC. The molecule has 6 nitrogen and oxygen atoms in total. The molecule has 25 heavy (non-hydrogen) atoms. The van der Waals surface area contributed by atoms with Gasteiger partial charge in [0.2, 0.25) is 0 Å². The summed E-state index contributed by atoms with van der Waals surface area (Å²) in [5.74, 6) is 0.115. The van der Waals surface area contributed by atoms with Crippen LogP contribution in [-0.4, -0.2) is 30.1 Å². The third kappa shape index (κ3) is 3.52. The molecular weight excluding hydrogens is 322 g/mol. The highest BCUT2D eigenvalue weighted by molar-refractivity contribution is 5.99. The first-order valence-electron chi connectivity index (χ1n) is 8.16. The van der Waals surface area contributed by atoms with Gasteiger partial charge in [0.25, 0.3) is 5.56 Å². The van der Waals surface area contributed by atoms with Crippen molar-refractivity contribution in [1.82, 2.24) is 4.98 Å². The molecule has 0 bridgehead atoms. The van der Waals surface area contributed by atoms with Crippen molar-refractivity contribution in [3.8, 4) is 28.4 Å². The van der Waals surface area contributed by atoms with Crippen LogP contribution < -0.4 is 15.0 Å². The van der Waals surface area contributed by atoms with Gasteiger partial charge in [0.1, 0.15) is 22.8 Å². The highest BCUT2D eigenvalue weighted by atomic mass is 16.5. The Kier molecular flexibility index (Phi) is 5.85. The Bertz CT molecular complexity index is 816. The molecule has 2 rings (SSSR count). The maximum absolute atomic E-state index is 12.3. The molecule has 0 aliphatic rings. The summed E-state index contributed by atoms with van der Waals surface area (Å²) in [6.45, 7) is 3.28. The summed E-state index contributed by atoms with van der Waals surface area (Å²) in [5, 5.41) is 10.8. The fourth-order valence-corrected chi connectivity index (χ4v) is 2.87. The number of methoxy groups -OCH3 is 2. The van der Waals surface area contributed by atoms with Crippen molar-refractivity contribution in [3.63, 3.8) is 0 Å². The van der Waals surface area contributed by atoms with E-state index in [-0.39, 0.29) is 11.3 Å². The fourth-order valence-electron chi connectivity index (χ4n) is 2.87. The van der Waals surface area contributed by atoms with Gasteiger partial charge in [0.05, 0.1) is 25.3 Å². The summed E-state index contributed by atoms with van der Waals surface area (Å²) in [5.41, 5.74) is 0.580. The molecule has 1 aromatic carbocycles. The number of hydrogen-bond acceptors (Lipinski definition) is 5. The summed E-state index contributed by atoms with van der Waals surface area (Å²) < 4.78 is 10.8. The van der Waals surface area contributed by atoms with E-state index in [1.807, 2.05) is 6.92 Å². The van der Waals surface area contributed by atoms with Crippen LogP contribution in [0.25, 0.3) is 11.1 Å². The number of aromatic hydroxyl groups is 1. The summed E-state index contributed by atoms with van der Waals surface area (Å²) in [6, 6.07) is 5.24. The van der Waals surface area contributed by atoms with Crippen LogP contribution in [0.2, 0.25) is 0 Å². The first kappa shape index (κ1) is 18.6. The molecule has 0 unspecified atom stereocenters. The lowest BCUT2D eigenvalue weighted by molar-refractivity contribution is 0.101. The van der Waals surface area contributed by atoms with Crippen molar-refractivity contribution >= 4 is 5.78 Å². The second-order valence-corrected chi connectivity index (χ2v) is 5.73. The Balaban J connectivity index is 2.90. The molecule has 0 saturated carbocycles. The highest BCUT2D eigenvalue weighted by Crippen LogP contribution is 2.44. The Hall–Kier alpha value is -2.76. The van der Waals surface area contributed by atoms with E-state index in [9.17, 15) is 14.7 Å². The molecule has 134 valence electrons. The number of carbonyl (C=O) groups is 1. The number of aryl methyl sites for hydroxylation is 1. The van der Waals surface area contributed by atoms with E-state index in [0.717, 1.165) is 12.8 Å². The van der Waals surface area contributed by atoms with Crippen molar-refractivity contribution in [2.45, 2.75) is 33.1 Å². The minimum atomic E-state index is -0.589. The predicted molar refractivity (Wildman–Crippen MR) is 95.9 cm³/mol. The number of hydrogen-bond donors (Lipinski definition) is 2. The molecule has 2 N–H and O–H groups in total. The third-order valence-corrected chi connectivity index (χ3v) is 4.08. The molecule has 6 heteroatoms. The van der Waals surface area contributed by atoms with E-state index in [2.05, 4.69) is 4.98 Å².